The van der Waals surface area contributed by atoms with Gasteiger partial charge in [-0.2, -0.15) is 0 Å². The summed E-state index contributed by atoms with van der Waals surface area (Å²) in [5.41, 5.74) is 3.72. The van der Waals surface area contributed by atoms with Gasteiger partial charge in [-0.25, -0.2) is 0 Å². The molecule has 2 heteroatoms. The van der Waals surface area contributed by atoms with Crippen molar-refractivity contribution in [3.8, 4) is 0 Å². The van der Waals surface area contributed by atoms with Crippen LogP contribution in [0.25, 0.3) is 0 Å². The zero-order valence-electron chi connectivity index (χ0n) is 10.7. The van der Waals surface area contributed by atoms with E-state index in [1.807, 2.05) is 6.92 Å². The van der Waals surface area contributed by atoms with Crippen LogP contribution in [0.4, 0.5) is 0 Å². The molecule has 0 bridgehead atoms. The number of carbonyl (C=O) groups is 1. The first-order valence-corrected chi connectivity index (χ1v) is 5.65. The summed E-state index contributed by atoms with van der Waals surface area (Å²) in [7, 11) is 0. The molecule has 0 spiro atoms. The van der Waals surface area contributed by atoms with Crippen LogP contribution in [0.15, 0.2) is 18.2 Å². The molecule has 0 amide bonds. The minimum Gasteiger partial charge on any atom is -0.462 e. The van der Waals surface area contributed by atoms with Gasteiger partial charge in [-0.05, 0) is 26.3 Å². The predicted octanol–water partition coefficient (Wildman–Crippen LogP) is 3.36. The highest BCUT2D eigenvalue weighted by Gasteiger charge is 2.17. The lowest BCUT2D eigenvalue weighted by Crippen LogP contribution is -2.19. The van der Waals surface area contributed by atoms with E-state index in [0.29, 0.717) is 0 Å². The molecule has 16 heavy (non-hydrogen) atoms. The molecule has 0 aliphatic rings. The molecular formula is C14H20O2. The summed E-state index contributed by atoms with van der Waals surface area (Å²) in [5.74, 6) is 0.00576. The van der Waals surface area contributed by atoms with Crippen molar-refractivity contribution in [3.05, 3.63) is 34.9 Å². The smallest absolute Gasteiger partial charge is 0.302 e. The highest BCUT2D eigenvalue weighted by Crippen LogP contribution is 2.23. The van der Waals surface area contributed by atoms with Crippen LogP contribution in [0.1, 0.15) is 43.4 Å². The standard InChI is InChI=1S/C14H20O2/c1-9-6-10(2)8-14(7-9)11(3)12(4)16-13(5)15/h6-8,11-12H,1-5H3/t11-,12+/m1/s1. The third-order valence-corrected chi connectivity index (χ3v) is 2.83. The molecule has 0 aromatic heterocycles. The Balaban J connectivity index is 2.86. The number of hydrogen-bond acceptors (Lipinski definition) is 2. The molecule has 0 heterocycles. The maximum Gasteiger partial charge on any atom is 0.302 e. The molecule has 0 fully saturated rings. The van der Waals surface area contributed by atoms with Gasteiger partial charge in [-0.3, -0.25) is 4.79 Å². The summed E-state index contributed by atoms with van der Waals surface area (Å²) in [5, 5.41) is 0. The number of benzene rings is 1. The highest BCUT2D eigenvalue weighted by molar-refractivity contribution is 5.66. The first-order chi connectivity index (χ1) is 7.40. The molecule has 0 saturated carbocycles. The number of esters is 1. The predicted molar refractivity (Wildman–Crippen MR) is 65.6 cm³/mol. The molecule has 2 nitrogen and oxygen atoms in total. The average Bonchev–Trinajstić information content (AvgIpc) is 2.13. The van der Waals surface area contributed by atoms with Crippen LogP contribution in [0.2, 0.25) is 0 Å². The van der Waals surface area contributed by atoms with E-state index in [-0.39, 0.29) is 18.0 Å². The minimum atomic E-state index is -0.219. The van der Waals surface area contributed by atoms with Crippen LogP contribution in [-0.2, 0) is 9.53 Å². The van der Waals surface area contributed by atoms with Crippen molar-refractivity contribution in [1.29, 1.82) is 0 Å². The average molecular weight is 220 g/mol. The summed E-state index contributed by atoms with van der Waals surface area (Å²) in [6, 6.07) is 6.45. The molecule has 2 atom stereocenters. The normalized spacial score (nSPS) is 14.3. The Hall–Kier alpha value is -1.31. The number of aryl methyl sites for hydroxylation is 2. The van der Waals surface area contributed by atoms with Gasteiger partial charge in [0, 0.05) is 12.8 Å². The Morgan fingerprint density at radius 3 is 2.06 bits per heavy atom. The molecule has 0 radical (unpaired) electrons. The number of rotatable bonds is 3. The van der Waals surface area contributed by atoms with E-state index >= 15 is 0 Å². The molecular weight excluding hydrogens is 200 g/mol. The topological polar surface area (TPSA) is 26.3 Å². The van der Waals surface area contributed by atoms with Crippen LogP contribution in [0.5, 0.6) is 0 Å². The van der Waals surface area contributed by atoms with Gasteiger partial charge in [0.1, 0.15) is 6.10 Å². The second-order valence-electron chi connectivity index (χ2n) is 4.52. The lowest BCUT2D eigenvalue weighted by atomic mass is 9.93. The second-order valence-corrected chi connectivity index (χ2v) is 4.52. The second kappa shape index (κ2) is 5.15. The zero-order chi connectivity index (χ0) is 12.3. The fourth-order valence-electron chi connectivity index (χ4n) is 1.91. The van der Waals surface area contributed by atoms with E-state index in [1.165, 1.54) is 23.6 Å². The summed E-state index contributed by atoms with van der Waals surface area (Å²) < 4.78 is 5.21. The summed E-state index contributed by atoms with van der Waals surface area (Å²) >= 11 is 0. The van der Waals surface area contributed by atoms with Gasteiger partial charge in [0.25, 0.3) is 0 Å². The van der Waals surface area contributed by atoms with Crippen LogP contribution in [-0.4, -0.2) is 12.1 Å². The molecule has 0 saturated heterocycles. The maximum atomic E-state index is 10.9. The fourth-order valence-corrected chi connectivity index (χ4v) is 1.91. The first kappa shape index (κ1) is 12.8. The molecule has 1 rings (SSSR count). The van der Waals surface area contributed by atoms with Crippen LogP contribution >= 0.6 is 0 Å². The van der Waals surface area contributed by atoms with Crippen molar-refractivity contribution >= 4 is 5.97 Å². The number of ether oxygens (including phenoxy) is 1. The third kappa shape index (κ3) is 3.37. The number of carbonyl (C=O) groups excluding carboxylic acids is 1. The van der Waals surface area contributed by atoms with Crippen molar-refractivity contribution in [2.75, 3.05) is 0 Å². The Kier molecular flexibility index (Phi) is 4.11. The SMILES string of the molecule is CC(=O)O[C@@H](C)[C@@H](C)c1cc(C)cc(C)c1. The van der Waals surface area contributed by atoms with Gasteiger partial charge < -0.3 is 4.74 Å². The van der Waals surface area contributed by atoms with Gasteiger partial charge in [0.15, 0.2) is 0 Å². The van der Waals surface area contributed by atoms with E-state index in [9.17, 15) is 4.79 Å². The van der Waals surface area contributed by atoms with E-state index in [1.54, 1.807) is 0 Å². The maximum absolute atomic E-state index is 10.9. The molecule has 0 N–H and O–H groups in total. The number of hydrogen-bond donors (Lipinski definition) is 0. The Morgan fingerprint density at radius 1 is 1.12 bits per heavy atom. The Morgan fingerprint density at radius 2 is 1.62 bits per heavy atom. The summed E-state index contributed by atoms with van der Waals surface area (Å²) in [6.07, 6.45) is -0.0845. The van der Waals surface area contributed by atoms with Gasteiger partial charge >= 0.3 is 5.97 Å². The molecule has 0 unspecified atom stereocenters. The first-order valence-electron chi connectivity index (χ1n) is 5.65. The molecule has 0 aliphatic carbocycles. The van der Waals surface area contributed by atoms with Crippen LogP contribution < -0.4 is 0 Å². The van der Waals surface area contributed by atoms with Gasteiger partial charge in [0.2, 0.25) is 0 Å². The fraction of sp³-hybridized carbons (Fsp3) is 0.500. The quantitative estimate of drug-likeness (QED) is 0.730. The van der Waals surface area contributed by atoms with Gasteiger partial charge in [-0.15, -0.1) is 0 Å². The van der Waals surface area contributed by atoms with Gasteiger partial charge in [0.05, 0.1) is 0 Å². The third-order valence-electron chi connectivity index (χ3n) is 2.83. The van der Waals surface area contributed by atoms with E-state index in [0.717, 1.165) is 0 Å². The molecule has 0 aliphatic heterocycles. The lowest BCUT2D eigenvalue weighted by molar-refractivity contribution is -0.146. The Bertz CT molecular complexity index is 362. The van der Waals surface area contributed by atoms with Crippen molar-refractivity contribution in [2.24, 2.45) is 0 Å². The van der Waals surface area contributed by atoms with E-state index in [4.69, 9.17) is 4.74 Å². The van der Waals surface area contributed by atoms with Crippen LogP contribution in [0, 0.1) is 13.8 Å². The molecule has 1 aromatic carbocycles. The zero-order valence-corrected chi connectivity index (χ0v) is 10.7. The lowest BCUT2D eigenvalue weighted by Gasteiger charge is -2.21. The van der Waals surface area contributed by atoms with Crippen LogP contribution in [0.3, 0.4) is 0 Å². The van der Waals surface area contributed by atoms with E-state index < -0.39 is 0 Å². The molecule has 1 aromatic rings. The summed E-state index contributed by atoms with van der Waals surface area (Å²) in [4.78, 5) is 10.9. The molecule has 88 valence electrons. The van der Waals surface area contributed by atoms with Crippen molar-refractivity contribution in [3.63, 3.8) is 0 Å². The monoisotopic (exact) mass is 220 g/mol. The van der Waals surface area contributed by atoms with Crippen molar-refractivity contribution in [2.45, 2.75) is 46.6 Å². The van der Waals surface area contributed by atoms with Gasteiger partial charge in [-0.1, -0.05) is 36.2 Å². The van der Waals surface area contributed by atoms with E-state index in [2.05, 4.69) is 39.0 Å². The minimum absolute atomic E-state index is 0.0845. The Labute approximate surface area is 97.6 Å². The summed E-state index contributed by atoms with van der Waals surface area (Å²) in [6.45, 7) is 9.63. The largest absolute Gasteiger partial charge is 0.462 e. The highest BCUT2D eigenvalue weighted by atomic mass is 16.5. The van der Waals surface area contributed by atoms with Crippen molar-refractivity contribution < 1.29 is 9.53 Å². The van der Waals surface area contributed by atoms with Crippen molar-refractivity contribution in [1.82, 2.24) is 0 Å².